The summed E-state index contributed by atoms with van der Waals surface area (Å²) in [5.74, 6) is 2.53. The van der Waals surface area contributed by atoms with Crippen LogP contribution >= 0.6 is 0 Å². The number of rotatable bonds is 9. The van der Waals surface area contributed by atoms with Crippen LogP contribution in [0.4, 0.5) is 29.2 Å². The van der Waals surface area contributed by atoms with Gasteiger partial charge in [0.05, 0.1) is 6.21 Å². The molecule has 0 bridgehead atoms. The highest BCUT2D eigenvalue weighted by Gasteiger charge is 2.07. The maximum atomic E-state index is 5.90. The summed E-state index contributed by atoms with van der Waals surface area (Å²) in [4.78, 5) is 13.4. The van der Waals surface area contributed by atoms with E-state index in [1.807, 2.05) is 115 Å². The van der Waals surface area contributed by atoms with Gasteiger partial charge in [-0.25, -0.2) is 5.43 Å². The van der Waals surface area contributed by atoms with E-state index in [1.54, 1.807) is 6.21 Å². The van der Waals surface area contributed by atoms with Crippen LogP contribution in [0.2, 0.25) is 0 Å². The Kier molecular flexibility index (Phi) is 7.05. The van der Waals surface area contributed by atoms with Crippen molar-refractivity contribution in [3.05, 3.63) is 121 Å². The number of ether oxygens (including phenoxy) is 1. The van der Waals surface area contributed by atoms with E-state index in [4.69, 9.17) is 4.74 Å². The van der Waals surface area contributed by atoms with Gasteiger partial charge >= 0.3 is 0 Å². The second-order valence-corrected chi connectivity index (χ2v) is 7.65. The summed E-state index contributed by atoms with van der Waals surface area (Å²) in [5.41, 5.74) is 5.48. The van der Waals surface area contributed by atoms with Crippen LogP contribution in [-0.2, 0) is 0 Å². The fraction of sp³-hybridized carbons (Fsp3) is 0. The topological polar surface area (TPSA) is 96.4 Å². The SMILES string of the molecule is C(=N\Nc1nc(Nc2ccccc2)nc(Nc2ccccc2)n1)/c1cccc(Oc2ccccc2)c1. The molecular formula is C28H23N7O. The van der Waals surface area contributed by atoms with E-state index in [1.165, 1.54) is 0 Å². The Labute approximate surface area is 208 Å². The predicted molar refractivity (Wildman–Crippen MR) is 143 cm³/mol. The first-order valence-corrected chi connectivity index (χ1v) is 11.3. The molecule has 0 aliphatic rings. The number of hydrogen-bond donors (Lipinski definition) is 3. The van der Waals surface area contributed by atoms with Crippen LogP contribution in [0.15, 0.2) is 120 Å². The summed E-state index contributed by atoms with van der Waals surface area (Å²) < 4.78 is 5.90. The molecule has 0 radical (unpaired) electrons. The third-order valence-electron chi connectivity index (χ3n) is 4.91. The third kappa shape index (κ3) is 6.42. The molecule has 8 heteroatoms. The van der Waals surface area contributed by atoms with Crippen molar-refractivity contribution >= 4 is 35.4 Å². The molecule has 0 saturated carbocycles. The molecule has 5 aromatic rings. The van der Waals surface area contributed by atoms with E-state index >= 15 is 0 Å². The van der Waals surface area contributed by atoms with Crippen LogP contribution < -0.4 is 20.8 Å². The van der Waals surface area contributed by atoms with Crippen molar-refractivity contribution in [1.29, 1.82) is 0 Å². The standard InChI is InChI=1S/C28H23N7O/c1-4-12-22(13-5-1)30-26-32-27(31-23-14-6-2-7-15-23)34-28(33-26)35-29-20-21-11-10-18-25(19-21)36-24-16-8-3-9-17-24/h1-20H,(H3,30,31,32,33,34,35)/b29-20+. The zero-order chi connectivity index (χ0) is 24.4. The normalized spacial score (nSPS) is 10.7. The van der Waals surface area contributed by atoms with E-state index in [0.717, 1.165) is 22.7 Å². The highest BCUT2D eigenvalue weighted by Crippen LogP contribution is 2.22. The Balaban J connectivity index is 1.33. The van der Waals surface area contributed by atoms with Crippen molar-refractivity contribution in [2.24, 2.45) is 5.10 Å². The first kappa shape index (κ1) is 22.5. The second-order valence-electron chi connectivity index (χ2n) is 7.65. The molecule has 36 heavy (non-hydrogen) atoms. The Hall–Kier alpha value is -5.24. The minimum atomic E-state index is 0.287. The maximum Gasteiger partial charge on any atom is 0.250 e. The molecule has 0 spiro atoms. The molecule has 3 N–H and O–H groups in total. The van der Waals surface area contributed by atoms with Crippen LogP contribution in [-0.4, -0.2) is 21.2 Å². The van der Waals surface area contributed by atoms with Crippen molar-refractivity contribution in [2.75, 3.05) is 16.1 Å². The summed E-state index contributed by atoms with van der Waals surface area (Å²) in [7, 11) is 0. The van der Waals surface area contributed by atoms with Gasteiger partial charge in [-0.05, 0) is 54.1 Å². The van der Waals surface area contributed by atoms with Gasteiger partial charge in [0.2, 0.25) is 17.8 Å². The summed E-state index contributed by atoms with van der Waals surface area (Å²) in [5, 5.41) is 10.7. The number of benzene rings is 4. The van der Waals surface area contributed by atoms with Gasteiger partial charge in [-0.2, -0.15) is 20.1 Å². The summed E-state index contributed by atoms with van der Waals surface area (Å²) in [6, 6.07) is 36.6. The first-order chi connectivity index (χ1) is 17.8. The summed E-state index contributed by atoms with van der Waals surface area (Å²) in [6.07, 6.45) is 1.68. The lowest BCUT2D eigenvalue weighted by Crippen LogP contribution is -2.07. The molecule has 5 rings (SSSR count). The Morgan fingerprint density at radius 2 is 1.08 bits per heavy atom. The molecule has 0 aliphatic heterocycles. The van der Waals surface area contributed by atoms with E-state index in [2.05, 4.69) is 36.1 Å². The quantitative estimate of drug-likeness (QED) is 0.164. The third-order valence-corrected chi connectivity index (χ3v) is 4.91. The van der Waals surface area contributed by atoms with Gasteiger partial charge in [0.15, 0.2) is 0 Å². The molecular weight excluding hydrogens is 450 g/mol. The largest absolute Gasteiger partial charge is 0.457 e. The molecule has 8 nitrogen and oxygen atoms in total. The molecule has 4 aromatic carbocycles. The number of anilines is 5. The smallest absolute Gasteiger partial charge is 0.250 e. The lowest BCUT2D eigenvalue weighted by molar-refractivity contribution is 0.482. The van der Waals surface area contributed by atoms with Gasteiger partial charge in [-0.1, -0.05) is 66.7 Å². The number of aromatic nitrogens is 3. The zero-order valence-electron chi connectivity index (χ0n) is 19.2. The first-order valence-electron chi connectivity index (χ1n) is 11.3. The number of hydrogen-bond acceptors (Lipinski definition) is 8. The van der Waals surface area contributed by atoms with Gasteiger partial charge in [-0.3, -0.25) is 0 Å². The van der Waals surface area contributed by atoms with Gasteiger partial charge in [0, 0.05) is 11.4 Å². The zero-order valence-corrected chi connectivity index (χ0v) is 19.2. The van der Waals surface area contributed by atoms with Gasteiger partial charge in [0.1, 0.15) is 11.5 Å². The highest BCUT2D eigenvalue weighted by atomic mass is 16.5. The van der Waals surface area contributed by atoms with Crippen molar-refractivity contribution in [3.8, 4) is 11.5 Å². The van der Waals surface area contributed by atoms with Crippen LogP contribution in [0.1, 0.15) is 5.56 Å². The monoisotopic (exact) mass is 473 g/mol. The van der Waals surface area contributed by atoms with Crippen molar-refractivity contribution in [1.82, 2.24) is 15.0 Å². The lowest BCUT2D eigenvalue weighted by Gasteiger charge is -2.10. The minimum absolute atomic E-state index is 0.287. The van der Waals surface area contributed by atoms with Crippen molar-refractivity contribution in [3.63, 3.8) is 0 Å². The molecule has 0 saturated heterocycles. The number of hydrazone groups is 1. The van der Waals surface area contributed by atoms with E-state index < -0.39 is 0 Å². The van der Waals surface area contributed by atoms with Crippen LogP contribution in [0.3, 0.4) is 0 Å². The average Bonchev–Trinajstić information content (AvgIpc) is 2.91. The molecule has 0 fully saturated rings. The molecule has 1 aromatic heterocycles. The van der Waals surface area contributed by atoms with E-state index in [9.17, 15) is 0 Å². The molecule has 1 heterocycles. The molecule has 0 unspecified atom stereocenters. The average molecular weight is 474 g/mol. The van der Waals surface area contributed by atoms with E-state index in [-0.39, 0.29) is 5.95 Å². The lowest BCUT2D eigenvalue weighted by atomic mass is 10.2. The Morgan fingerprint density at radius 3 is 1.69 bits per heavy atom. The summed E-state index contributed by atoms with van der Waals surface area (Å²) in [6.45, 7) is 0. The minimum Gasteiger partial charge on any atom is -0.457 e. The van der Waals surface area contributed by atoms with Gasteiger partial charge < -0.3 is 15.4 Å². The Bertz CT molecular complexity index is 1370. The molecule has 176 valence electrons. The van der Waals surface area contributed by atoms with Crippen molar-refractivity contribution in [2.45, 2.75) is 0 Å². The van der Waals surface area contributed by atoms with Gasteiger partial charge in [0.25, 0.3) is 0 Å². The number of nitrogens with zero attached hydrogens (tertiary/aromatic N) is 4. The highest BCUT2D eigenvalue weighted by molar-refractivity contribution is 5.80. The molecule has 0 atom stereocenters. The van der Waals surface area contributed by atoms with Gasteiger partial charge in [-0.15, -0.1) is 0 Å². The van der Waals surface area contributed by atoms with Crippen LogP contribution in [0, 0.1) is 0 Å². The number of para-hydroxylation sites is 3. The van der Waals surface area contributed by atoms with E-state index in [0.29, 0.717) is 17.6 Å². The fourth-order valence-electron chi connectivity index (χ4n) is 3.29. The Morgan fingerprint density at radius 1 is 0.556 bits per heavy atom. The van der Waals surface area contributed by atoms with Crippen LogP contribution in [0.5, 0.6) is 11.5 Å². The van der Waals surface area contributed by atoms with Crippen LogP contribution in [0.25, 0.3) is 0 Å². The predicted octanol–water partition coefficient (Wildman–Crippen LogP) is 6.60. The maximum absolute atomic E-state index is 5.90. The molecule has 0 amide bonds. The molecule has 0 aliphatic carbocycles. The van der Waals surface area contributed by atoms with Crippen molar-refractivity contribution < 1.29 is 4.74 Å². The fourth-order valence-corrected chi connectivity index (χ4v) is 3.29. The summed E-state index contributed by atoms with van der Waals surface area (Å²) >= 11 is 0. The number of nitrogens with one attached hydrogen (secondary N) is 3. The second kappa shape index (κ2) is 11.3.